The van der Waals surface area contributed by atoms with Crippen LogP contribution in [0.25, 0.3) is 10.2 Å². The van der Waals surface area contributed by atoms with Gasteiger partial charge in [0.15, 0.2) is 6.61 Å². The lowest BCUT2D eigenvalue weighted by Gasteiger charge is -2.07. The molecule has 0 unspecified atom stereocenters. The van der Waals surface area contributed by atoms with E-state index in [1.54, 1.807) is 12.1 Å². The third-order valence-corrected chi connectivity index (χ3v) is 4.81. The van der Waals surface area contributed by atoms with E-state index < -0.39 is 11.9 Å². The average molecular weight is 402 g/mol. The van der Waals surface area contributed by atoms with E-state index in [0.29, 0.717) is 13.0 Å². The second-order valence-corrected chi connectivity index (χ2v) is 7.07. The first-order valence-corrected chi connectivity index (χ1v) is 9.51. The van der Waals surface area contributed by atoms with Crippen molar-refractivity contribution >= 4 is 33.4 Å². The van der Waals surface area contributed by atoms with Crippen molar-refractivity contribution in [2.45, 2.75) is 13.0 Å². The van der Waals surface area contributed by atoms with Crippen molar-refractivity contribution in [3.63, 3.8) is 0 Å². The lowest BCUT2D eigenvalue weighted by Crippen LogP contribution is -2.31. The maximum Gasteiger partial charge on any atom is 0.332 e. The second kappa shape index (κ2) is 9.91. The summed E-state index contributed by atoms with van der Waals surface area (Å²) in [5.41, 5.74) is 1.80. The summed E-state index contributed by atoms with van der Waals surface area (Å²) >= 11 is 1.50. The summed E-state index contributed by atoms with van der Waals surface area (Å²) in [7, 11) is 0. The van der Waals surface area contributed by atoms with Crippen LogP contribution in [0.2, 0.25) is 0 Å². The van der Waals surface area contributed by atoms with Gasteiger partial charge in [-0.2, -0.15) is 0 Å². The Hall–Kier alpha value is -2.84. The van der Waals surface area contributed by atoms with Gasteiger partial charge < -0.3 is 14.8 Å². The average Bonchev–Trinajstić information content (AvgIpc) is 3.11. The Bertz CT molecular complexity index is 910. The van der Waals surface area contributed by atoms with Crippen molar-refractivity contribution in [3.8, 4) is 0 Å². The zero-order valence-corrected chi connectivity index (χ0v) is 15.8. The zero-order chi connectivity index (χ0) is 19.8. The number of thiazole rings is 1. The van der Waals surface area contributed by atoms with Crippen LogP contribution in [0.3, 0.4) is 0 Å². The van der Waals surface area contributed by atoms with Gasteiger partial charge >= 0.3 is 5.97 Å². The summed E-state index contributed by atoms with van der Waals surface area (Å²) in [6, 6.07) is 13.8. The monoisotopic (exact) mass is 402 g/mol. The highest BCUT2D eigenvalue weighted by Gasteiger charge is 2.09. The number of esters is 1. The summed E-state index contributed by atoms with van der Waals surface area (Å²) in [6.07, 6.45) is 0.561. The molecule has 0 saturated heterocycles. The Balaban J connectivity index is 1.29. The molecule has 146 valence electrons. The summed E-state index contributed by atoms with van der Waals surface area (Å²) in [5, 5.41) is 3.41. The van der Waals surface area contributed by atoms with Crippen LogP contribution < -0.4 is 5.32 Å². The highest BCUT2D eigenvalue weighted by molar-refractivity contribution is 7.18. The molecule has 1 heterocycles. The Kier molecular flexibility index (Phi) is 7.05. The van der Waals surface area contributed by atoms with Crippen LogP contribution in [0, 0.1) is 5.82 Å². The number of carbonyl (C=O) groups excluding carboxylic acids is 2. The molecule has 0 aliphatic rings. The van der Waals surface area contributed by atoms with Crippen molar-refractivity contribution in [2.24, 2.45) is 0 Å². The number of para-hydroxylation sites is 1. The number of rotatable bonds is 9. The van der Waals surface area contributed by atoms with E-state index >= 15 is 0 Å². The Labute approximate surface area is 165 Å². The van der Waals surface area contributed by atoms with Crippen LogP contribution in [0.1, 0.15) is 10.6 Å². The number of hydrogen-bond donors (Lipinski definition) is 1. The largest absolute Gasteiger partial charge is 0.454 e. The van der Waals surface area contributed by atoms with E-state index in [1.807, 2.05) is 24.3 Å². The lowest BCUT2D eigenvalue weighted by molar-refractivity contribution is -0.153. The van der Waals surface area contributed by atoms with Gasteiger partial charge in [-0.1, -0.05) is 24.3 Å². The van der Waals surface area contributed by atoms with Crippen LogP contribution in [0.4, 0.5) is 4.39 Å². The molecular weight excluding hydrogens is 383 g/mol. The van der Waals surface area contributed by atoms with Crippen molar-refractivity contribution in [1.29, 1.82) is 0 Å². The summed E-state index contributed by atoms with van der Waals surface area (Å²) < 4.78 is 24.1. The highest BCUT2D eigenvalue weighted by atomic mass is 32.1. The number of benzene rings is 2. The highest BCUT2D eigenvalue weighted by Crippen LogP contribution is 2.21. The molecule has 0 atom stereocenters. The molecule has 2 aromatic carbocycles. The minimum atomic E-state index is -0.616. The molecule has 0 aliphatic heterocycles. The predicted octanol–water partition coefficient (Wildman–Crippen LogP) is 2.85. The van der Waals surface area contributed by atoms with Crippen molar-refractivity contribution in [3.05, 3.63) is 64.9 Å². The third kappa shape index (κ3) is 6.11. The number of halogens is 1. The number of nitrogens with zero attached hydrogens (tertiary/aromatic N) is 1. The fraction of sp³-hybridized carbons (Fsp3) is 0.250. The molecule has 3 rings (SSSR count). The van der Waals surface area contributed by atoms with Gasteiger partial charge in [-0.3, -0.25) is 4.79 Å². The first-order valence-electron chi connectivity index (χ1n) is 8.69. The van der Waals surface area contributed by atoms with Crippen molar-refractivity contribution in [1.82, 2.24) is 10.3 Å². The zero-order valence-electron chi connectivity index (χ0n) is 15.0. The smallest absolute Gasteiger partial charge is 0.332 e. The van der Waals surface area contributed by atoms with Crippen LogP contribution in [-0.2, 0) is 32.1 Å². The van der Waals surface area contributed by atoms with Gasteiger partial charge in [-0.15, -0.1) is 11.3 Å². The molecule has 0 aliphatic carbocycles. The SMILES string of the molecule is O=C(COC(=O)COCc1nc2ccccc2s1)NCCc1ccc(F)cc1. The molecule has 0 saturated carbocycles. The van der Waals surface area contributed by atoms with Gasteiger partial charge in [-0.05, 0) is 36.2 Å². The minimum Gasteiger partial charge on any atom is -0.454 e. The molecule has 0 spiro atoms. The van der Waals surface area contributed by atoms with Crippen LogP contribution >= 0.6 is 11.3 Å². The predicted molar refractivity (Wildman–Crippen MR) is 103 cm³/mol. The van der Waals surface area contributed by atoms with E-state index in [-0.39, 0.29) is 25.6 Å². The fourth-order valence-corrected chi connectivity index (χ4v) is 3.34. The van der Waals surface area contributed by atoms with Crippen LogP contribution in [-0.4, -0.2) is 36.6 Å². The lowest BCUT2D eigenvalue weighted by atomic mass is 10.1. The Morgan fingerprint density at radius 2 is 1.86 bits per heavy atom. The molecule has 8 heteroatoms. The quantitative estimate of drug-likeness (QED) is 0.557. The van der Waals surface area contributed by atoms with Gasteiger partial charge in [0.05, 0.1) is 16.8 Å². The molecule has 3 aromatic rings. The van der Waals surface area contributed by atoms with E-state index in [2.05, 4.69) is 10.3 Å². The summed E-state index contributed by atoms with van der Waals surface area (Å²) in [4.78, 5) is 27.8. The van der Waals surface area contributed by atoms with E-state index in [0.717, 1.165) is 20.8 Å². The molecular formula is C20H19FN2O4S. The van der Waals surface area contributed by atoms with Gasteiger partial charge in [-0.25, -0.2) is 14.2 Å². The van der Waals surface area contributed by atoms with Crippen molar-refractivity contribution in [2.75, 3.05) is 19.8 Å². The van der Waals surface area contributed by atoms with Gasteiger partial charge in [0.1, 0.15) is 17.4 Å². The molecule has 0 radical (unpaired) electrons. The van der Waals surface area contributed by atoms with E-state index in [9.17, 15) is 14.0 Å². The number of ether oxygens (including phenoxy) is 2. The van der Waals surface area contributed by atoms with Gasteiger partial charge in [0, 0.05) is 6.54 Å². The van der Waals surface area contributed by atoms with Gasteiger partial charge in [0.2, 0.25) is 0 Å². The molecule has 1 aromatic heterocycles. The fourth-order valence-electron chi connectivity index (χ4n) is 2.44. The van der Waals surface area contributed by atoms with Crippen molar-refractivity contribution < 1.29 is 23.5 Å². The normalized spacial score (nSPS) is 10.8. The number of nitrogens with one attached hydrogen (secondary N) is 1. The van der Waals surface area contributed by atoms with Crippen LogP contribution in [0.5, 0.6) is 0 Å². The molecule has 0 fully saturated rings. The standard InChI is InChI=1S/C20H19FN2O4S/c21-15-7-5-14(6-8-15)9-10-22-18(24)11-27-20(25)13-26-12-19-23-16-3-1-2-4-17(16)28-19/h1-8H,9-13H2,(H,22,24). The molecule has 1 amide bonds. The van der Waals surface area contributed by atoms with E-state index in [1.165, 1.54) is 23.5 Å². The molecule has 28 heavy (non-hydrogen) atoms. The topological polar surface area (TPSA) is 77.5 Å². The number of fused-ring (bicyclic) bond motifs is 1. The first kappa shape index (κ1) is 19.9. The minimum absolute atomic E-state index is 0.207. The maximum atomic E-state index is 12.8. The summed E-state index contributed by atoms with van der Waals surface area (Å²) in [5.74, 6) is -1.32. The maximum absolute atomic E-state index is 12.8. The van der Waals surface area contributed by atoms with Crippen LogP contribution in [0.15, 0.2) is 48.5 Å². The Morgan fingerprint density at radius 3 is 2.64 bits per heavy atom. The van der Waals surface area contributed by atoms with Gasteiger partial charge in [0.25, 0.3) is 5.91 Å². The summed E-state index contributed by atoms with van der Waals surface area (Å²) in [6.45, 7) is -0.0417. The molecule has 0 bridgehead atoms. The number of hydrogen-bond acceptors (Lipinski definition) is 6. The number of carbonyl (C=O) groups is 2. The number of amides is 1. The Morgan fingerprint density at radius 1 is 1.07 bits per heavy atom. The van der Waals surface area contributed by atoms with E-state index in [4.69, 9.17) is 9.47 Å². The third-order valence-electron chi connectivity index (χ3n) is 3.80. The number of aromatic nitrogens is 1. The molecule has 6 nitrogen and oxygen atoms in total. The second-order valence-electron chi connectivity index (χ2n) is 5.96. The first-order chi connectivity index (χ1) is 13.6. The molecule has 1 N–H and O–H groups in total.